The molecule has 2 aromatic rings. The fraction of sp³-hybridized carbons (Fsp3) is 0.250. The molecule has 2 amide bonds. The third-order valence-electron chi connectivity index (χ3n) is 4.37. The van der Waals surface area contributed by atoms with Crippen molar-refractivity contribution in [3.63, 3.8) is 0 Å². The smallest absolute Gasteiger partial charge is 0.256 e. The van der Waals surface area contributed by atoms with Gasteiger partial charge in [0.05, 0.1) is 11.3 Å². The van der Waals surface area contributed by atoms with Crippen LogP contribution in [0.3, 0.4) is 0 Å². The van der Waals surface area contributed by atoms with Crippen molar-refractivity contribution in [1.82, 2.24) is 4.90 Å². The number of quaternary nitrogens is 1. The molecule has 0 saturated carbocycles. The zero-order chi connectivity index (χ0) is 15.3. The molecule has 2 aliphatic rings. The maximum Gasteiger partial charge on any atom is 0.256 e. The zero-order valence-electron chi connectivity index (χ0n) is 11.9. The standard InChI is InChI=1S/C16H15N3O2S/c17-11-5-6-19-14(11)15(20)18-12-4-3-9(8-10(12)16(19)21)13-2-1-7-22-13/h1-4,7-8,11,14H,5-6,17H2,(H,18,20)/p+1/t11-,14-/m0/s1. The first-order valence-corrected chi connectivity index (χ1v) is 8.16. The Morgan fingerprint density at radius 1 is 1.27 bits per heavy atom. The van der Waals surface area contributed by atoms with Crippen molar-refractivity contribution < 1.29 is 15.3 Å². The van der Waals surface area contributed by atoms with Crippen molar-refractivity contribution in [2.75, 3.05) is 11.9 Å². The molecular weight excluding hydrogens is 298 g/mol. The second-order valence-electron chi connectivity index (χ2n) is 5.72. The van der Waals surface area contributed by atoms with Crippen LogP contribution in [0.5, 0.6) is 0 Å². The fourth-order valence-electron chi connectivity index (χ4n) is 3.23. The number of benzene rings is 1. The predicted octanol–water partition coefficient (Wildman–Crippen LogP) is 1.19. The second kappa shape index (κ2) is 4.93. The van der Waals surface area contributed by atoms with Gasteiger partial charge in [-0.15, -0.1) is 11.3 Å². The van der Waals surface area contributed by atoms with E-state index in [0.29, 0.717) is 17.8 Å². The predicted molar refractivity (Wildman–Crippen MR) is 84.5 cm³/mol. The molecule has 2 aliphatic heterocycles. The number of nitrogens with one attached hydrogen (secondary N) is 1. The lowest BCUT2D eigenvalue weighted by molar-refractivity contribution is -0.419. The summed E-state index contributed by atoms with van der Waals surface area (Å²) in [6.45, 7) is 0.591. The van der Waals surface area contributed by atoms with Gasteiger partial charge in [0.25, 0.3) is 11.8 Å². The van der Waals surface area contributed by atoms with Gasteiger partial charge in [-0.2, -0.15) is 0 Å². The van der Waals surface area contributed by atoms with Crippen molar-refractivity contribution in [3.8, 4) is 10.4 Å². The summed E-state index contributed by atoms with van der Waals surface area (Å²) >= 11 is 1.63. The topological polar surface area (TPSA) is 77.1 Å². The van der Waals surface area contributed by atoms with E-state index in [0.717, 1.165) is 16.9 Å². The minimum Gasteiger partial charge on any atom is -0.353 e. The van der Waals surface area contributed by atoms with Crippen molar-refractivity contribution in [1.29, 1.82) is 0 Å². The Morgan fingerprint density at radius 2 is 2.14 bits per heavy atom. The molecule has 22 heavy (non-hydrogen) atoms. The summed E-state index contributed by atoms with van der Waals surface area (Å²) in [5, 5.41) is 4.90. The van der Waals surface area contributed by atoms with Crippen molar-refractivity contribution in [3.05, 3.63) is 41.3 Å². The van der Waals surface area contributed by atoms with Gasteiger partial charge in [0, 0.05) is 17.8 Å². The zero-order valence-corrected chi connectivity index (χ0v) is 12.7. The number of thiophene rings is 1. The lowest BCUT2D eigenvalue weighted by atomic mass is 10.1. The van der Waals surface area contributed by atoms with Gasteiger partial charge < -0.3 is 16.0 Å². The Kier molecular flexibility index (Phi) is 3.02. The third kappa shape index (κ3) is 1.95. The Labute approximate surface area is 131 Å². The maximum absolute atomic E-state index is 12.8. The first kappa shape index (κ1) is 13.5. The Bertz CT molecular complexity index is 757. The SMILES string of the molecule is [NH3+][C@H]1CCN2C(=O)c3cc(-c4cccs4)ccc3NC(=O)[C@H]12. The van der Waals surface area contributed by atoms with E-state index in [9.17, 15) is 9.59 Å². The van der Waals surface area contributed by atoms with Crippen LogP contribution in [0.2, 0.25) is 0 Å². The number of anilines is 1. The third-order valence-corrected chi connectivity index (χ3v) is 5.29. The molecule has 4 rings (SSSR count). The van der Waals surface area contributed by atoms with Gasteiger partial charge in [-0.05, 0) is 29.1 Å². The number of hydrogen-bond acceptors (Lipinski definition) is 3. The summed E-state index contributed by atoms with van der Waals surface area (Å²) in [5.74, 6) is -0.212. The number of carbonyl (C=O) groups excluding carboxylic acids is 2. The van der Waals surface area contributed by atoms with Crippen LogP contribution in [0.4, 0.5) is 5.69 Å². The van der Waals surface area contributed by atoms with E-state index in [1.54, 1.807) is 16.2 Å². The van der Waals surface area contributed by atoms with Crippen LogP contribution < -0.4 is 11.1 Å². The van der Waals surface area contributed by atoms with E-state index in [1.807, 2.05) is 35.7 Å². The molecule has 0 radical (unpaired) electrons. The summed E-state index contributed by atoms with van der Waals surface area (Å²) in [6, 6.07) is 9.15. The number of nitrogens with zero attached hydrogens (tertiary/aromatic N) is 1. The number of carbonyl (C=O) groups is 2. The quantitative estimate of drug-likeness (QED) is 0.829. The molecule has 0 aliphatic carbocycles. The van der Waals surface area contributed by atoms with Gasteiger partial charge in [0.2, 0.25) is 0 Å². The van der Waals surface area contributed by atoms with Crippen molar-refractivity contribution >= 4 is 28.8 Å². The number of amides is 2. The first-order chi connectivity index (χ1) is 10.6. The molecule has 1 saturated heterocycles. The minimum atomic E-state index is -0.454. The highest BCUT2D eigenvalue weighted by Crippen LogP contribution is 2.32. The summed E-state index contributed by atoms with van der Waals surface area (Å²) in [5.41, 5.74) is 6.18. The van der Waals surface area contributed by atoms with Crippen LogP contribution in [0, 0.1) is 0 Å². The number of rotatable bonds is 1. The Balaban J connectivity index is 1.81. The monoisotopic (exact) mass is 314 g/mol. The van der Waals surface area contributed by atoms with Crippen LogP contribution in [0.15, 0.2) is 35.7 Å². The average Bonchev–Trinajstić information content (AvgIpc) is 3.14. The molecule has 5 nitrogen and oxygen atoms in total. The molecule has 0 spiro atoms. The van der Waals surface area contributed by atoms with E-state index < -0.39 is 6.04 Å². The molecular formula is C16H16N3O2S+. The highest BCUT2D eigenvalue weighted by Gasteiger charge is 2.45. The summed E-state index contributed by atoms with van der Waals surface area (Å²) < 4.78 is 0. The molecule has 1 aromatic heterocycles. The van der Waals surface area contributed by atoms with E-state index in [2.05, 4.69) is 11.1 Å². The van der Waals surface area contributed by atoms with Gasteiger partial charge in [-0.25, -0.2) is 0 Å². The molecule has 6 heteroatoms. The molecule has 1 aromatic carbocycles. The van der Waals surface area contributed by atoms with Crippen LogP contribution in [-0.4, -0.2) is 35.3 Å². The molecule has 4 N–H and O–H groups in total. The Hall–Kier alpha value is -2.18. The number of hydrogen-bond donors (Lipinski definition) is 2. The molecule has 0 bridgehead atoms. The molecule has 0 unspecified atom stereocenters. The number of fused-ring (bicyclic) bond motifs is 2. The molecule has 112 valence electrons. The molecule has 3 heterocycles. The molecule has 2 atom stereocenters. The van der Waals surface area contributed by atoms with Gasteiger partial charge in [0.15, 0.2) is 6.04 Å². The van der Waals surface area contributed by atoms with Crippen LogP contribution >= 0.6 is 11.3 Å². The highest BCUT2D eigenvalue weighted by atomic mass is 32.1. The average molecular weight is 314 g/mol. The van der Waals surface area contributed by atoms with Gasteiger partial charge >= 0.3 is 0 Å². The van der Waals surface area contributed by atoms with Crippen LogP contribution in [-0.2, 0) is 4.79 Å². The summed E-state index contributed by atoms with van der Waals surface area (Å²) in [4.78, 5) is 28.0. The van der Waals surface area contributed by atoms with E-state index >= 15 is 0 Å². The second-order valence-corrected chi connectivity index (χ2v) is 6.67. The van der Waals surface area contributed by atoms with E-state index in [1.165, 1.54) is 0 Å². The fourth-order valence-corrected chi connectivity index (χ4v) is 3.95. The lowest BCUT2D eigenvalue weighted by Gasteiger charge is -2.20. The lowest BCUT2D eigenvalue weighted by Crippen LogP contribution is -2.68. The van der Waals surface area contributed by atoms with Crippen molar-refractivity contribution in [2.24, 2.45) is 0 Å². The van der Waals surface area contributed by atoms with E-state index in [4.69, 9.17) is 0 Å². The summed E-state index contributed by atoms with van der Waals surface area (Å²) in [6.07, 6.45) is 0.768. The minimum absolute atomic E-state index is 0.0463. The summed E-state index contributed by atoms with van der Waals surface area (Å²) in [7, 11) is 0. The normalized spacial score (nSPS) is 23.8. The first-order valence-electron chi connectivity index (χ1n) is 7.28. The largest absolute Gasteiger partial charge is 0.353 e. The van der Waals surface area contributed by atoms with Gasteiger partial charge in [-0.3, -0.25) is 9.59 Å². The maximum atomic E-state index is 12.8. The van der Waals surface area contributed by atoms with E-state index in [-0.39, 0.29) is 17.9 Å². The van der Waals surface area contributed by atoms with Gasteiger partial charge in [0.1, 0.15) is 6.04 Å². The highest BCUT2D eigenvalue weighted by molar-refractivity contribution is 7.13. The Morgan fingerprint density at radius 3 is 2.91 bits per heavy atom. The molecule has 1 fully saturated rings. The van der Waals surface area contributed by atoms with Crippen LogP contribution in [0.1, 0.15) is 16.8 Å². The van der Waals surface area contributed by atoms with Crippen molar-refractivity contribution in [2.45, 2.75) is 18.5 Å². The van der Waals surface area contributed by atoms with Crippen LogP contribution in [0.25, 0.3) is 10.4 Å². The van der Waals surface area contributed by atoms with Gasteiger partial charge in [-0.1, -0.05) is 12.1 Å².